The van der Waals surface area contributed by atoms with Crippen molar-refractivity contribution in [2.75, 3.05) is 25.0 Å². The van der Waals surface area contributed by atoms with E-state index in [4.69, 9.17) is 4.74 Å². The molecule has 0 unspecified atom stereocenters. The van der Waals surface area contributed by atoms with E-state index >= 15 is 0 Å². The maximum Gasteiger partial charge on any atom is 0.338 e. The van der Waals surface area contributed by atoms with Crippen LogP contribution in [-0.4, -0.2) is 36.5 Å². The van der Waals surface area contributed by atoms with Crippen molar-refractivity contribution in [1.82, 2.24) is 4.90 Å². The highest BCUT2D eigenvalue weighted by molar-refractivity contribution is 9.10. The average Bonchev–Trinajstić information content (AvgIpc) is 2.68. The largest absolute Gasteiger partial charge is 0.462 e. The van der Waals surface area contributed by atoms with E-state index in [9.17, 15) is 9.59 Å². The molecule has 2 rings (SSSR count). The predicted octanol–water partition coefficient (Wildman–Crippen LogP) is 4.72. The fourth-order valence-corrected chi connectivity index (χ4v) is 3.32. The number of amides is 1. The number of anilines is 1. The van der Waals surface area contributed by atoms with Gasteiger partial charge in [-0.05, 0) is 65.8 Å². The maximum absolute atomic E-state index is 12.6. The van der Waals surface area contributed by atoms with E-state index in [1.807, 2.05) is 18.2 Å². The third-order valence-corrected chi connectivity index (χ3v) is 4.87. The Hall–Kier alpha value is -2.18. The molecule has 0 bridgehead atoms. The number of carbonyl (C=O) groups is 2. The van der Waals surface area contributed by atoms with Crippen LogP contribution in [0.4, 0.5) is 5.69 Å². The Balaban J connectivity index is 2.41. The second-order valence-corrected chi connectivity index (χ2v) is 6.85. The molecule has 1 amide bonds. The Morgan fingerprint density at radius 3 is 2.30 bits per heavy atom. The molecule has 0 spiro atoms. The number of hydrogen-bond donors (Lipinski definition) is 1. The van der Waals surface area contributed by atoms with Crippen LogP contribution in [0, 0.1) is 0 Å². The van der Waals surface area contributed by atoms with Gasteiger partial charge in [0.2, 0.25) is 0 Å². The smallest absolute Gasteiger partial charge is 0.338 e. The molecule has 144 valence electrons. The average molecular weight is 433 g/mol. The van der Waals surface area contributed by atoms with E-state index in [0.717, 1.165) is 18.7 Å². The van der Waals surface area contributed by atoms with Gasteiger partial charge in [0.15, 0.2) is 0 Å². The first kappa shape index (κ1) is 21.1. The fourth-order valence-electron chi connectivity index (χ4n) is 2.72. The van der Waals surface area contributed by atoms with Crippen LogP contribution in [0.15, 0.2) is 46.9 Å². The number of hydrogen-bond acceptors (Lipinski definition) is 4. The van der Waals surface area contributed by atoms with E-state index in [-0.39, 0.29) is 11.9 Å². The van der Waals surface area contributed by atoms with Gasteiger partial charge in [-0.3, -0.25) is 9.69 Å². The maximum atomic E-state index is 12.6. The van der Waals surface area contributed by atoms with E-state index in [2.05, 4.69) is 40.0 Å². The van der Waals surface area contributed by atoms with E-state index in [1.54, 1.807) is 31.2 Å². The van der Waals surface area contributed by atoms with Crippen molar-refractivity contribution < 1.29 is 14.3 Å². The summed E-state index contributed by atoms with van der Waals surface area (Å²) in [7, 11) is 0. The standard InChI is InChI=1S/C21H25BrN2O3/c1-4-24(5-2)14-17-12-16(21(26)27-6-3)13-18(22)19(17)23-20(25)15-10-8-7-9-11-15/h7-13H,4-6,14H2,1-3H3,(H,23,25). The van der Waals surface area contributed by atoms with Gasteiger partial charge in [-0.15, -0.1) is 0 Å². The zero-order valence-corrected chi connectivity index (χ0v) is 17.5. The van der Waals surface area contributed by atoms with Gasteiger partial charge < -0.3 is 10.1 Å². The van der Waals surface area contributed by atoms with Crippen molar-refractivity contribution in [3.05, 3.63) is 63.6 Å². The van der Waals surface area contributed by atoms with Crippen LogP contribution in [0.1, 0.15) is 47.1 Å². The zero-order chi connectivity index (χ0) is 19.8. The normalized spacial score (nSPS) is 10.7. The topological polar surface area (TPSA) is 58.6 Å². The summed E-state index contributed by atoms with van der Waals surface area (Å²) in [6, 6.07) is 12.5. The molecule has 0 saturated heterocycles. The summed E-state index contributed by atoms with van der Waals surface area (Å²) in [5.41, 5.74) is 2.57. The molecule has 5 nitrogen and oxygen atoms in total. The van der Waals surface area contributed by atoms with Crippen LogP contribution in [0.3, 0.4) is 0 Å². The minimum absolute atomic E-state index is 0.194. The molecule has 0 atom stereocenters. The lowest BCUT2D eigenvalue weighted by molar-refractivity contribution is 0.0526. The van der Waals surface area contributed by atoms with E-state index in [0.29, 0.717) is 34.4 Å². The summed E-state index contributed by atoms with van der Waals surface area (Å²) in [5.74, 6) is -0.569. The molecule has 0 aromatic heterocycles. The molecule has 0 aliphatic rings. The molecule has 1 N–H and O–H groups in total. The summed E-state index contributed by atoms with van der Waals surface area (Å²) in [6.07, 6.45) is 0. The van der Waals surface area contributed by atoms with Crippen LogP contribution in [-0.2, 0) is 11.3 Å². The van der Waals surface area contributed by atoms with Crippen LogP contribution in [0.25, 0.3) is 0 Å². The van der Waals surface area contributed by atoms with E-state index < -0.39 is 0 Å². The van der Waals surface area contributed by atoms with Gasteiger partial charge in [0.05, 0.1) is 17.9 Å². The number of esters is 1. The lowest BCUT2D eigenvalue weighted by atomic mass is 10.1. The van der Waals surface area contributed by atoms with Gasteiger partial charge in [0.1, 0.15) is 0 Å². The molecule has 0 saturated carbocycles. The van der Waals surface area contributed by atoms with Crippen LogP contribution >= 0.6 is 15.9 Å². The molecule has 0 radical (unpaired) electrons. The summed E-state index contributed by atoms with van der Waals surface area (Å²) in [4.78, 5) is 27.0. The van der Waals surface area contributed by atoms with Crippen LogP contribution in [0.2, 0.25) is 0 Å². The van der Waals surface area contributed by atoms with Crippen LogP contribution in [0.5, 0.6) is 0 Å². The number of ether oxygens (including phenoxy) is 1. The van der Waals surface area contributed by atoms with Gasteiger partial charge in [-0.25, -0.2) is 4.79 Å². The quantitative estimate of drug-likeness (QED) is 0.612. The number of nitrogens with one attached hydrogen (secondary N) is 1. The van der Waals surface area contributed by atoms with Gasteiger partial charge in [0, 0.05) is 16.6 Å². The van der Waals surface area contributed by atoms with E-state index in [1.165, 1.54) is 0 Å². The minimum Gasteiger partial charge on any atom is -0.462 e. The molecular formula is C21H25BrN2O3. The summed E-state index contributed by atoms with van der Waals surface area (Å²) < 4.78 is 5.78. The molecule has 2 aromatic carbocycles. The first-order valence-electron chi connectivity index (χ1n) is 9.08. The number of halogens is 1. The number of rotatable bonds is 8. The molecule has 0 fully saturated rings. The molecule has 0 aliphatic heterocycles. The molecule has 0 aliphatic carbocycles. The Bertz CT molecular complexity index is 790. The Kier molecular flexibility index (Phi) is 8.00. The Morgan fingerprint density at radius 1 is 1.04 bits per heavy atom. The van der Waals surface area contributed by atoms with Gasteiger partial charge >= 0.3 is 5.97 Å². The van der Waals surface area contributed by atoms with Gasteiger partial charge in [0.25, 0.3) is 5.91 Å². The van der Waals surface area contributed by atoms with Crippen molar-refractivity contribution in [2.45, 2.75) is 27.3 Å². The minimum atomic E-state index is -0.375. The first-order valence-corrected chi connectivity index (χ1v) is 9.87. The summed E-state index contributed by atoms with van der Waals surface area (Å²) in [6.45, 7) is 8.59. The highest BCUT2D eigenvalue weighted by atomic mass is 79.9. The number of nitrogens with zero attached hydrogens (tertiary/aromatic N) is 1. The van der Waals surface area contributed by atoms with Crippen molar-refractivity contribution in [3.8, 4) is 0 Å². The Morgan fingerprint density at radius 2 is 1.70 bits per heavy atom. The third kappa shape index (κ3) is 5.65. The second-order valence-electron chi connectivity index (χ2n) is 5.99. The van der Waals surface area contributed by atoms with Crippen molar-refractivity contribution in [1.29, 1.82) is 0 Å². The monoisotopic (exact) mass is 432 g/mol. The van der Waals surface area contributed by atoms with Crippen LogP contribution < -0.4 is 5.32 Å². The van der Waals surface area contributed by atoms with Gasteiger partial charge in [-0.1, -0.05) is 32.0 Å². The van der Waals surface area contributed by atoms with Crippen molar-refractivity contribution in [2.24, 2.45) is 0 Å². The van der Waals surface area contributed by atoms with Gasteiger partial charge in [-0.2, -0.15) is 0 Å². The number of carbonyl (C=O) groups excluding carboxylic acids is 2. The summed E-state index contributed by atoms with van der Waals surface area (Å²) in [5, 5.41) is 2.98. The summed E-state index contributed by atoms with van der Waals surface area (Å²) >= 11 is 3.51. The molecule has 27 heavy (non-hydrogen) atoms. The molecular weight excluding hydrogens is 408 g/mol. The second kappa shape index (κ2) is 10.2. The molecule has 0 heterocycles. The van der Waals surface area contributed by atoms with Crippen molar-refractivity contribution in [3.63, 3.8) is 0 Å². The number of benzene rings is 2. The first-order chi connectivity index (χ1) is 13.0. The predicted molar refractivity (Wildman–Crippen MR) is 111 cm³/mol. The highest BCUT2D eigenvalue weighted by Crippen LogP contribution is 2.30. The molecule has 2 aromatic rings. The SMILES string of the molecule is CCOC(=O)c1cc(Br)c(NC(=O)c2ccccc2)c(CN(CC)CC)c1. The third-order valence-electron chi connectivity index (χ3n) is 4.25. The Labute approximate surface area is 168 Å². The highest BCUT2D eigenvalue weighted by Gasteiger charge is 2.18. The zero-order valence-electron chi connectivity index (χ0n) is 15.9. The lowest BCUT2D eigenvalue weighted by Gasteiger charge is -2.22. The molecule has 6 heteroatoms. The lowest BCUT2D eigenvalue weighted by Crippen LogP contribution is -2.24. The van der Waals surface area contributed by atoms with Crippen molar-refractivity contribution >= 4 is 33.5 Å². The fraction of sp³-hybridized carbons (Fsp3) is 0.333.